The first-order valence-corrected chi connectivity index (χ1v) is 8.95. The lowest BCUT2D eigenvalue weighted by Gasteiger charge is -2.34. The molecule has 3 heterocycles. The Morgan fingerprint density at radius 1 is 1.03 bits per heavy atom. The van der Waals surface area contributed by atoms with Gasteiger partial charge in [0.1, 0.15) is 0 Å². The zero-order valence-electron chi connectivity index (χ0n) is 15.3. The largest absolute Gasteiger partial charge is 0.459 e. The number of nitro groups is 1. The Morgan fingerprint density at radius 3 is 2.28 bits per heavy atom. The number of nitro benzene ring substituents is 1. The number of hydrogen-bond acceptors (Lipinski definition) is 6. The molecule has 0 aliphatic carbocycles. The molecular formula is C19H17N5O5. The predicted molar refractivity (Wildman–Crippen MR) is 101 cm³/mol. The molecule has 1 aromatic carbocycles. The highest BCUT2D eigenvalue weighted by Crippen LogP contribution is 2.25. The van der Waals surface area contributed by atoms with Gasteiger partial charge in [-0.15, -0.1) is 0 Å². The van der Waals surface area contributed by atoms with Crippen molar-refractivity contribution in [1.29, 1.82) is 0 Å². The molecule has 1 fully saturated rings. The van der Waals surface area contributed by atoms with Gasteiger partial charge in [0.05, 0.1) is 28.6 Å². The van der Waals surface area contributed by atoms with E-state index < -0.39 is 4.92 Å². The van der Waals surface area contributed by atoms with E-state index >= 15 is 0 Å². The van der Waals surface area contributed by atoms with E-state index in [4.69, 9.17) is 4.42 Å². The summed E-state index contributed by atoms with van der Waals surface area (Å²) in [6.45, 7) is 1.57. The zero-order valence-corrected chi connectivity index (χ0v) is 15.3. The van der Waals surface area contributed by atoms with Gasteiger partial charge in [0.15, 0.2) is 5.76 Å². The lowest BCUT2D eigenvalue weighted by molar-refractivity contribution is -0.384. The number of H-pyrrole nitrogens is 1. The Labute approximate surface area is 164 Å². The van der Waals surface area contributed by atoms with Gasteiger partial charge in [0, 0.05) is 43.9 Å². The average molecular weight is 395 g/mol. The maximum absolute atomic E-state index is 13.0. The Balaban J connectivity index is 1.45. The maximum atomic E-state index is 13.0. The molecular weight excluding hydrogens is 378 g/mol. The van der Waals surface area contributed by atoms with Crippen molar-refractivity contribution in [2.24, 2.45) is 0 Å². The molecule has 2 aromatic heterocycles. The van der Waals surface area contributed by atoms with Gasteiger partial charge in [-0.25, -0.2) is 0 Å². The van der Waals surface area contributed by atoms with E-state index in [1.807, 2.05) is 0 Å². The average Bonchev–Trinajstić information content (AvgIpc) is 3.45. The third-order valence-corrected chi connectivity index (χ3v) is 4.82. The first kappa shape index (κ1) is 18.4. The summed E-state index contributed by atoms with van der Waals surface area (Å²) >= 11 is 0. The lowest BCUT2D eigenvalue weighted by atomic mass is 10.1. The van der Waals surface area contributed by atoms with Crippen LogP contribution in [-0.4, -0.2) is 62.9 Å². The first-order chi connectivity index (χ1) is 14.0. The van der Waals surface area contributed by atoms with Crippen LogP contribution in [0.2, 0.25) is 0 Å². The number of aromatic amines is 1. The summed E-state index contributed by atoms with van der Waals surface area (Å²) in [7, 11) is 0. The highest BCUT2D eigenvalue weighted by atomic mass is 16.6. The van der Waals surface area contributed by atoms with Crippen molar-refractivity contribution in [2.75, 3.05) is 26.2 Å². The molecule has 0 unspecified atom stereocenters. The Hall–Kier alpha value is -3.95. The number of aromatic nitrogens is 2. The highest BCUT2D eigenvalue weighted by Gasteiger charge is 2.28. The summed E-state index contributed by atoms with van der Waals surface area (Å²) < 4.78 is 5.14. The van der Waals surface area contributed by atoms with Crippen LogP contribution in [-0.2, 0) is 0 Å². The molecule has 0 radical (unpaired) electrons. The van der Waals surface area contributed by atoms with Crippen LogP contribution < -0.4 is 0 Å². The lowest BCUT2D eigenvalue weighted by Crippen LogP contribution is -2.50. The normalized spacial score (nSPS) is 14.1. The van der Waals surface area contributed by atoms with E-state index in [9.17, 15) is 19.7 Å². The van der Waals surface area contributed by atoms with Crippen molar-refractivity contribution >= 4 is 17.5 Å². The second-order valence-electron chi connectivity index (χ2n) is 6.52. The van der Waals surface area contributed by atoms with Crippen LogP contribution in [0.25, 0.3) is 11.3 Å². The van der Waals surface area contributed by atoms with E-state index in [0.29, 0.717) is 43.0 Å². The molecule has 10 heteroatoms. The van der Waals surface area contributed by atoms with Crippen LogP contribution in [0.1, 0.15) is 20.9 Å². The quantitative estimate of drug-likeness (QED) is 0.533. The summed E-state index contributed by atoms with van der Waals surface area (Å²) in [5.74, 6) is -0.130. The summed E-state index contributed by atoms with van der Waals surface area (Å²) in [5, 5.41) is 17.6. The van der Waals surface area contributed by atoms with Gasteiger partial charge >= 0.3 is 0 Å². The third-order valence-electron chi connectivity index (χ3n) is 4.82. The van der Waals surface area contributed by atoms with Crippen molar-refractivity contribution in [3.05, 3.63) is 70.3 Å². The van der Waals surface area contributed by atoms with Gasteiger partial charge in [0.2, 0.25) is 0 Å². The van der Waals surface area contributed by atoms with E-state index in [-0.39, 0.29) is 23.3 Å². The number of piperazine rings is 1. The fourth-order valence-corrected chi connectivity index (χ4v) is 3.26. The topological polar surface area (TPSA) is 126 Å². The van der Waals surface area contributed by atoms with Crippen LogP contribution in [0, 0.1) is 10.1 Å². The van der Waals surface area contributed by atoms with Crippen LogP contribution in [0.4, 0.5) is 5.69 Å². The van der Waals surface area contributed by atoms with Crippen molar-refractivity contribution in [3.63, 3.8) is 0 Å². The van der Waals surface area contributed by atoms with Crippen molar-refractivity contribution in [2.45, 2.75) is 0 Å². The third kappa shape index (κ3) is 3.59. The Kier molecular flexibility index (Phi) is 4.82. The molecule has 0 bridgehead atoms. The fraction of sp³-hybridized carbons (Fsp3) is 0.211. The predicted octanol–water partition coefficient (Wildman–Crippen LogP) is 2.18. The van der Waals surface area contributed by atoms with Crippen LogP contribution >= 0.6 is 0 Å². The zero-order chi connectivity index (χ0) is 20.4. The van der Waals surface area contributed by atoms with E-state index in [2.05, 4.69) is 10.2 Å². The number of furan rings is 1. The van der Waals surface area contributed by atoms with E-state index in [0.717, 1.165) is 0 Å². The van der Waals surface area contributed by atoms with Gasteiger partial charge in [-0.1, -0.05) is 0 Å². The Morgan fingerprint density at radius 2 is 1.69 bits per heavy atom. The number of non-ortho nitro benzene ring substituents is 1. The Bertz CT molecular complexity index is 1030. The SMILES string of the molecule is O=C(c1ccco1)N1CCN(C(=O)c2cn[nH]c2-c2ccc([N+](=O)[O-])cc2)CC1. The molecule has 3 aromatic rings. The number of amides is 2. The second kappa shape index (κ2) is 7.58. The van der Waals surface area contributed by atoms with E-state index in [1.165, 1.54) is 24.6 Å². The number of nitrogens with one attached hydrogen (secondary N) is 1. The van der Waals surface area contributed by atoms with Gasteiger partial charge < -0.3 is 14.2 Å². The standard InChI is InChI=1S/C19H17N5O5/c25-18(22-7-9-23(10-8-22)19(26)16-2-1-11-29-16)15-12-20-21-17(15)13-3-5-14(6-4-13)24(27)28/h1-6,11-12H,7-10H2,(H,20,21). The minimum Gasteiger partial charge on any atom is -0.459 e. The van der Waals surface area contributed by atoms with E-state index in [1.54, 1.807) is 34.1 Å². The molecule has 10 nitrogen and oxygen atoms in total. The molecule has 4 rings (SSSR count). The molecule has 148 valence electrons. The maximum Gasteiger partial charge on any atom is 0.289 e. The molecule has 1 saturated heterocycles. The van der Waals surface area contributed by atoms with Gasteiger partial charge in [0.25, 0.3) is 17.5 Å². The molecule has 29 heavy (non-hydrogen) atoms. The van der Waals surface area contributed by atoms with Crippen LogP contribution in [0.15, 0.2) is 53.3 Å². The van der Waals surface area contributed by atoms with Crippen molar-refractivity contribution in [3.8, 4) is 11.3 Å². The summed E-state index contributed by atoms with van der Waals surface area (Å²) in [5.41, 5.74) is 1.48. The van der Waals surface area contributed by atoms with Crippen molar-refractivity contribution < 1.29 is 18.9 Å². The van der Waals surface area contributed by atoms with Crippen LogP contribution in [0.5, 0.6) is 0 Å². The number of carbonyl (C=O) groups excluding carboxylic acids is 2. The molecule has 2 amide bonds. The minimum atomic E-state index is -0.480. The summed E-state index contributed by atoms with van der Waals surface area (Å²) in [4.78, 5) is 39.0. The molecule has 1 N–H and O–H groups in total. The van der Waals surface area contributed by atoms with Crippen molar-refractivity contribution in [1.82, 2.24) is 20.0 Å². The van der Waals surface area contributed by atoms with Gasteiger partial charge in [-0.05, 0) is 24.3 Å². The molecule has 0 spiro atoms. The van der Waals surface area contributed by atoms with Gasteiger partial charge in [-0.2, -0.15) is 5.10 Å². The molecule has 0 atom stereocenters. The van der Waals surface area contributed by atoms with Gasteiger partial charge in [-0.3, -0.25) is 24.8 Å². The number of hydrogen-bond donors (Lipinski definition) is 1. The number of benzene rings is 1. The fourth-order valence-electron chi connectivity index (χ4n) is 3.26. The monoisotopic (exact) mass is 395 g/mol. The first-order valence-electron chi connectivity index (χ1n) is 8.95. The smallest absolute Gasteiger partial charge is 0.289 e. The number of carbonyl (C=O) groups is 2. The summed E-state index contributed by atoms with van der Waals surface area (Å²) in [6.07, 6.45) is 2.89. The highest BCUT2D eigenvalue weighted by molar-refractivity contribution is 6.00. The summed E-state index contributed by atoms with van der Waals surface area (Å²) in [6, 6.07) is 9.17. The molecule has 1 aliphatic heterocycles. The molecule has 0 saturated carbocycles. The number of rotatable bonds is 4. The minimum absolute atomic E-state index is 0.0292. The second-order valence-corrected chi connectivity index (χ2v) is 6.52. The number of nitrogens with zero attached hydrogens (tertiary/aromatic N) is 4. The van der Waals surface area contributed by atoms with Crippen LogP contribution in [0.3, 0.4) is 0 Å². The molecule has 1 aliphatic rings.